The molecule has 0 spiro atoms. The zero-order valence-electron chi connectivity index (χ0n) is 18.9. The van der Waals surface area contributed by atoms with Crippen LogP contribution in [0.2, 0.25) is 0 Å². The fourth-order valence-electron chi connectivity index (χ4n) is 5.94. The fraction of sp³-hybridized carbons (Fsp3) is 0.708. The first-order valence-corrected chi connectivity index (χ1v) is 12.3. The summed E-state index contributed by atoms with van der Waals surface area (Å²) in [5.41, 5.74) is 2.41. The Morgan fingerprint density at radius 1 is 1.16 bits per heavy atom. The number of fused-ring (bicyclic) bond motifs is 4. The van der Waals surface area contributed by atoms with Gasteiger partial charge in [0.05, 0.1) is 22.8 Å². The molecule has 3 saturated heterocycles. The minimum absolute atomic E-state index is 0.00394. The fourth-order valence-corrected chi connectivity index (χ4v) is 5.94. The Morgan fingerprint density at radius 2 is 1.94 bits per heavy atom. The predicted octanol–water partition coefficient (Wildman–Crippen LogP) is 3.66. The maximum absolute atomic E-state index is 13.5. The van der Waals surface area contributed by atoms with E-state index in [1.54, 1.807) is 6.20 Å². The molecule has 1 unspecified atom stereocenters. The lowest BCUT2D eigenvalue weighted by molar-refractivity contribution is 0.0620. The molecule has 1 saturated carbocycles. The lowest BCUT2D eigenvalue weighted by Crippen LogP contribution is -2.57. The molecule has 168 valence electrons. The Bertz CT molecular complexity index is 926. The van der Waals surface area contributed by atoms with Gasteiger partial charge in [-0.2, -0.15) is 5.10 Å². The highest BCUT2D eigenvalue weighted by molar-refractivity contribution is 6.06. The molecular formula is C24H36N6O. The molecule has 2 aromatic rings. The molecule has 2 N–H and O–H groups in total. The summed E-state index contributed by atoms with van der Waals surface area (Å²) in [6.45, 7) is 8.42. The van der Waals surface area contributed by atoms with Gasteiger partial charge in [-0.3, -0.25) is 4.79 Å². The van der Waals surface area contributed by atoms with Crippen LogP contribution in [0.1, 0.15) is 69.2 Å². The number of rotatable bonds is 6. The maximum Gasteiger partial charge on any atom is 0.255 e. The van der Waals surface area contributed by atoms with Crippen LogP contribution in [0.3, 0.4) is 0 Å². The summed E-state index contributed by atoms with van der Waals surface area (Å²) in [5, 5.41) is 12.6. The van der Waals surface area contributed by atoms with Crippen LogP contribution in [0.5, 0.6) is 0 Å². The molecule has 5 heterocycles. The van der Waals surface area contributed by atoms with Crippen molar-refractivity contribution in [2.75, 3.05) is 25.0 Å². The lowest BCUT2D eigenvalue weighted by atomic mass is 9.84. The summed E-state index contributed by atoms with van der Waals surface area (Å²) in [7, 11) is 0. The highest BCUT2D eigenvalue weighted by atomic mass is 16.1. The minimum atomic E-state index is -0.00394. The Hall–Kier alpha value is -2.15. The third kappa shape index (κ3) is 4.04. The van der Waals surface area contributed by atoms with Crippen LogP contribution in [-0.2, 0) is 6.54 Å². The number of hydrogen-bond acceptors (Lipinski definition) is 5. The van der Waals surface area contributed by atoms with Crippen molar-refractivity contribution in [2.24, 2.45) is 11.8 Å². The monoisotopic (exact) mass is 424 g/mol. The smallest absolute Gasteiger partial charge is 0.255 e. The highest BCUT2D eigenvalue weighted by Crippen LogP contribution is 2.33. The number of hydrogen-bond donors (Lipinski definition) is 2. The molecule has 2 atom stereocenters. The maximum atomic E-state index is 13.5. The third-order valence-electron chi connectivity index (χ3n) is 7.91. The van der Waals surface area contributed by atoms with Crippen molar-refractivity contribution in [3.8, 4) is 0 Å². The molecular weight excluding hydrogens is 388 g/mol. The number of piperidine rings is 3. The van der Waals surface area contributed by atoms with E-state index in [1.165, 1.54) is 58.0 Å². The van der Waals surface area contributed by atoms with Crippen LogP contribution >= 0.6 is 0 Å². The van der Waals surface area contributed by atoms with Gasteiger partial charge in [-0.1, -0.05) is 19.3 Å². The largest absolute Gasteiger partial charge is 0.381 e. The SMILES string of the molecule is CCn1ncc2c(N[C@H](C)C3CCCCC3)c(C(=O)NC3CN4CCC3CC4)cnc21. The van der Waals surface area contributed by atoms with Crippen LogP contribution in [0.15, 0.2) is 12.4 Å². The van der Waals surface area contributed by atoms with Crippen LogP contribution in [0.25, 0.3) is 11.0 Å². The first-order valence-electron chi connectivity index (χ1n) is 12.3. The second-order valence-electron chi connectivity index (χ2n) is 9.79. The molecule has 6 rings (SSSR count). The molecule has 7 heteroatoms. The zero-order chi connectivity index (χ0) is 21.4. The Kier molecular flexibility index (Phi) is 5.87. The van der Waals surface area contributed by atoms with E-state index in [2.05, 4.69) is 39.5 Å². The van der Waals surface area contributed by atoms with Gasteiger partial charge in [0.1, 0.15) is 0 Å². The van der Waals surface area contributed by atoms with Gasteiger partial charge >= 0.3 is 0 Å². The second-order valence-corrected chi connectivity index (χ2v) is 9.79. The number of pyridine rings is 1. The van der Waals surface area contributed by atoms with Gasteiger partial charge in [0.25, 0.3) is 5.91 Å². The molecule has 0 aromatic carbocycles. The van der Waals surface area contributed by atoms with Gasteiger partial charge in [-0.25, -0.2) is 9.67 Å². The number of carbonyl (C=O) groups excluding carboxylic acids is 1. The average molecular weight is 425 g/mol. The molecule has 7 nitrogen and oxygen atoms in total. The van der Waals surface area contributed by atoms with E-state index >= 15 is 0 Å². The van der Waals surface area contributed by atoms with Crippen LogP contribution in [0.4, 0.5) is 5.69 Å². The van der Waals surface area contributed by atoms with Crippen molar-refractivity contribution in [3.63, 3.8) is 0 Å². The molecule has 3 aliphatic heterocycles. The molecule has 1 aliphatic carbocycles. The van der Waals surface area contributed by atoms with E-state index < -0.39 is 0 Å². The molecule has 2 bridgehead atoms. The zero-order valence-corrected chi connectivity index (χ0v) is 18.9. The summed E-state index contributed by atoms with van der Waals surface area (Å²) in [6, 6.07) is 0.562. The van der Waals surface area contributed by atoms with Gasteiger partial charge in [0.2, 0.25) is 0 Å². The first-order chi connectivity index (χ1) is 15.1. The van der Waals surface area contributed by atoms with Crippen molar-refractivity contribution < 1.29 is 4.79 Å². The van der Waals surface area contributed by atoms with E-state index in [0.29, 0.717) is 23.4 Å². The quantitative estimate of drug-likeness (QED) is 0.740. The molecule has 4 aliphatic rings. The summed E-state index contributed by atoms with van der Waals surface area (Å²) in [5.74, 6) is 1.25. The normalized spacial score (nSPS) is 27.4. The van der Waals surface area contributed by atoms with E-state index in [1.807, 2.05) is 10.9 Å². The van der Waals surface area contributed by atoms with E-state index in [-0.39, 0.29) is 11.9 Å². The van der Waals surface area contributed by atoms with Crippen molar-refractivity contribution >= 4 is 22.6 Å². The number of aryl methyl sites for hydroxylation is 1. The van der Waals surface area contributed by atoms with Gasteiger partial charge in [-0.05, 0) is 64.5 Å². The van der Waals surface area contributed by atoms with Gasteiger partial charge < -0.3 is 15.5 Å². The third-order valence-corrected chi connectivity index (χ3v) is 7.91. The summed E-state index contributed by atoms with van der Waals surface area (Å²) in [4.78, 5) is 20.6. The molecule has 2 aromatic heterocycles. The number of nitrogens with zero attached hydrogens (tertiary/aromatic N) is 4. The van der Waals surface area contributed by atoms with Gasteiger partial charge in [-0.15, -0.1) is 0 Å². The Balaban J connectivity index is 1.43. The number of amides is 1. The molecule has 1 amide bonds. The van der Waals surface area contributed by atoms with Crippen LogP contribution in [-0.4, -0.2) is 57.3 Å². The lowest BCUT2D eigenvalue weighted by Gasteiger charge is -2.45. The number of anilines is 1. The van der Waals surface area contributed by atoms with Gasteiger partial charge in [0.15, 0.2) is 5.65 Å². The standard InChI is InChI=1S/C24H36N6O/c1-3-30-23-19(14-26-30)22(27-16(2)17-7-5-4-6-8-17)20(13-25-23)24(31)28-21-15-29-11-9-18(21)10-12-29/h13-14,16-18,21H,3-12,15H2,1-2H3,(H,25,27)(H,28,31)/t16-,21?/m1/s1. The number of nitrogens with one attached hydrogen (secondary N) is 2. The molecule has 31 heavy (non-hydrogen) atoms. The summed E-state index contributed by atoms with van der Waals surface area (Å²) < 4.78 is 1.90. The van der Waals surface area contributed by atoms with Crippen molar-refractivity contribution in [2.45, 2.75) is 77.4 Å². The van der Waals surface area contributed by atoms with Crippen molar-refractivity contribution in [1.29, 1.82) is 0 Å². The second kappa shape index (κ2) is 8.77. The van der Waals surface area contributed by atoms with E-state index in [4.69, 9.17) is 0 Å². The van der Waals surface area contributed by atoms with E-state index in [9.17, 15) is 4.79 Å². The topological polar surface area (TPSA) is 75.1 Å². The Morgan fingerprint density at radius 3 is 2.61 bits per heavy atom. The summed E-state index contributed by atoms with van der Waals surface area (Å²) >= 11 is 0. The van der Waals surface area contributed by atoms with Crippen molar-refractivity contribution in [3.05, 3.63) is 18.0 Å². The highest BCUT2D eigenvalue weighted by Gasteiger charge is 2.35. The molecule has 4 fully saturated rings. The van der Waals surface area contributed by atoms with Crippen molar-refractivity contribution in [1.82, 2.24) is 25.0 Å². The average Bonchev–Trinajstić information content (AvgIpc) is 3.24. The predicted molar refractivity (Wildman–Crippen MR) is 123 cm³/mol. The number of carbonyl (C=O) groups is 1. The number of aromatic nitrogens is 3. The van der Waals surface area contributed by atoms with E-state index in [0.717, 1.165) is 29.8 Å². The Labute approximate surface area is 185 Å². The van der Waals surface area contributed by atoms with Crippen LogP contribution in [0, 0.1) is 11.8 Å². The first kappa shape index (κ1) is 20.7. The van der Waals surface area contributed by atoms with Gasteiger partial charge in [0, 0.05) is 31.4 Å². The van der Waals surface area contributed by atoms with Crippen LogP contribution < -0.4 is 10.6 Å². The molecule has 0 radical (unpaired) electrons. The summed E-state index contributed by atoms with van der Waals surface area (Å²) in [6.07, 6.45) is 12.5. The minimum Gasteiger partial charge on any atom is -0.381 e.